The highest BCUT2D eigenvalue weighted by atomic mass is 16.3. The van der Waals surface area contributed by atoms with Crippen LogP contribution in [0, 0.1) is 5.41 Å². The van der Waals surface area contributed by atoms with Crippen LogP contribution in [-0.2, 0) is 6.54 Å². The second kappa shape index (κ2) is 7.11. The van der Waals surface area contributed by atoms with Crippen molar-refractivity contribution in [1.82, 2.24) is 10.2 Å². The number of hydrogen-bond acceptors (Lipinski definition) is 3. The largest absolute Gasteiger partial charge is 0.468 e. The Morgan fingerprint density at radius 2 is 2.11 bits per heavy atom. The molecule has 0 radical (unpaired) electrons. The van der Waals surface area contributed by atoms with Gasteiger partial charge in [0.25, 0.3) is 0 Å². The van der Waals surface area contributed by atoms with Crippen LogP contribution >= 0.6 is 0 Å². The van der Waals surface area contributed by atoms with Crippen LogP contribution in [0.4, 0.5) is 0 Å². The molecule has 108 valence electrons. The van der Waals surface area contributed by atoms with Crippen LogP contribution in [0.1, 0.15) is 44.8 Å². The smallest absolute Gasteiger partial charge is 0.117 e. The van der Waals surface area contributed by atoms with Crippen LogP contribution in [-0.4, -0.2) is 31.6 Å². The molecule has 1 aliphatic rings. The number of rotatable bonds is 7. The van der Waals surface area contributed by atoms with Gasteiger partial charge in [0, 0.05) is 13.1 Å². The van der Waals surface area contributed by atoms with E-state index in [9.17, 15) is 0 Å². The zero-order valence-corrected chi connectivity index (χ0v) is 12.5. The molecular weight excluding hydrogens is 236 g/mol. The zero-order chi connectivity index (χ0) is 13.6. The maximum atomic E-state index is 5.49. The SMILES string of the molecule is CCN(Cc1ccco1)CC1(CNC)CCCCC1. The number of nitrogens with one attached hydrogen (secondary N) is 1. The standard InChI is InChI=1S/C16H28N2O/c1-3-18(12-15-8-7-11-19-15)14-16(13-17-2)9-5-4-6-10-16/h7-8,11,17H,3-6,9-10,12-14H2,1-2H3. The van der Waals surface area contributed by atoms with Gasteiger partial charge < -0.3 is 9.73 Å². The summed E-state index contributed by atoms with van der Waals surface area (Å²) >= 11 is 0. The predicted molar refractivity (Wildman–Crippen MR) is 79.1 cm³/mol. The van der Waals surface area contributed by atoms with Gasteiger partial charge in [-0.15, -0.1) is 0 Å². The highest BCUT2D eigenvalue weighted by Crippen LogP contribution is 2.36. The Kier molecular flexibility index (Phi) is 5.46. The first-order chi connectivity index (χ1) is 9.28. The summed E-state index contributed by atoms with van der Waals surface area (Å²) in [4.78, 5) is 2.53. The fraction of sp³-hybridized carbons (Fsp3) is 0.750. The molecule has 1 N–H and O–H groups in total. The molecule has 0 saturated heterocycles. The van der Waals surface area contributed by atoms with Gasteiger partial charge in [0.1, 0.15) is 5.76 Å². The van der Waals surface area contributed by atoms with Gasteiger partial charge in [-0.3, -0.25) is 4.90 Å². The van der Waals surface area contributed by atoms with Crippen LogP contribution in [0.3, 0.4) is 0 Å². The van der Waals surface area contributed by atoms with Crippen LogP contribution in [0.2, 0.25) is 0 Å². The van der Waals surface area contributed by atoms with Crippen molar-refractivity contribution >= 4 is 0 Å². The number of nitrogens with zero attached hydrogens (tertiary/aromatic N) is 1. The van der Waals surface area contributed by atoms with Gasteiger partial charge in [-0.25, -0.2) is 0 Å². The minimum atomic E-state index is 0.468. The Morgan fingerprint density at radius 1 is 1.32 bits per heavy atom. The molecule has 1 heterocycles. The van der Waals surface area contributed by atoms with Crippen molar-refractivity contribution in [2.45, 2.75) is 45.6 Å². The maximum absolute atomic E-state index is 5.49. The molecule has 1 fully saturated rings. The molecule has 3 heteroatoms. The lowest BCUT2D eigenvalue weighted by Gasteiger charge is -2.41. The summed E-state index contributed by atoms with van der Waals surface area (Å²) in [6.07, 6.45) is 8.69. The minimum absolute atomic E-state index is 0.468. The summed E-state index contributed by atoms with van der Waals surface area (Å²) < 4.78 is 5.49. The van der Waals surface area contributed by atoms with Crippen molar-refractivity contribution in [3.8, 4) is 0 Å². The highest BCUT2D eigenvalue weighted by Gasteiger charge is 2.33. The minimum Gasteiger partial charge on any atom is -0.468 e. The average molecular weight is 264 g/mol. The van der Waals surface area contributed by atoms with Crippen molar-refractivity contribution < 1.29 is 4.42 Å². The molecule has 19 heavy (non-hydrogen) atoms. The summed E-state index contributed by atoms with van der Waals surface area (Å²) in [7, 11) is 2.08. The van der Waals surface area contributed by atoms with Crippen LogP contribution in [0.15, 0.2) is 22.8 Å². The Morgan fingerprint density at radius 3 is 2.68 bits per heavy atom. The first kappa shape index (κ1) is 14.6. The Hall–Kier alpha value is -0.800. The van der Waals surface area contributed by atoms with E-state index in [-0.39, 0.29) is 0 Å². The molecule has 0 spiro atoms. The lowest BCUT2D eigenvalue weighted by molar-refractivity contribution is 0.0986. The van der Waals surface area contributed by atoms with E-state index in [0.717, 1.165) is 25.4 Å². The van der Waals surface area contributed by atoms with Crippen LogP contribution in [0.5, 0.6) is 0 Å². The molecule has 0 bridgehead atoms. The highest BCUT2D eigenvalue weighted by molar-refractivity contribution is 4.98. The summed E-state index contributed by atoms with van der Waals surface area (Å²) in [5.41, 5.74) is 0.468. The lowest BCUT2D eigenvalue weighted by Crippen LogP contribution is -2.44. The molecule has 3 nitrogen and oxygen atoms in total. The molecule has 1 aromatic heterocycles. The predicted octanol–water partition coefficient (Wildman–Crippen LogP) is 3.27. The van der Waals surface area contributed by atoms with E-state index in [0.29, 0.717) is 5.41 Å². The summed E-state index contributed by atoms with van der Waals surface area (Å²) in [6.45, 7) is 6.60. The van der Waals surface area contributed by atoms with Crippen molar-refractivity contribution in [3.05, 3.63) is 24.2 Å². The molecule has 0 atom stereocenters. The number of hydrogen-bond donors (Lipinski definition) is 1. The molecule has 1 aromatic rings. The lowest BCUT2D eigenvalue weighted by atomic mass is 9.73. The normalized spacial score (nSPS) is 18.9. The van der Waals surface area contributed by atoms with E-state index < -0.39 is 0 Å². The molecule has 0 aromatic carbocycles. The van der Waals surface area contributed by atoms with Crippen LogP contribution < -0.4 is 5.32 Å². The first-order valence-electron chi connectivity index (χ1n) is 7.67. The van der Waals surface area contributed by atoms with Crippen molar-refractivity contribution in [2.75, 3.05) is 26.7 Å². The third kappa shape index (κ3) is 4.08. The van der Waals surface area contributed by atoms with E-state index in [1.807, 2.05) is 6.07 Å². The second-order valence-electron chi connectivity index (χ2n) is 5.97. The molecule has 2 rings (SSSR count). The molecule has 1 aliphatic carbocycles. The summed E-state index contributed by atoms with van der Waals surface area (Å²) in [5.74, 6) is 1.08. The van der Waals surface area contributed by atoms with Gasteiger partial charge in [-0.05, 0) is 44.0 Å². The Balaban J connectivity index is 1.97. The first-order valence-corrected chi connectivity index (χ1v) is 7.67. The topological polar surface area (TPSA) is 28.4 Å². The molecule has 0 unspecified atom stereocenters. The average Bonchev–Trinajstić information content (AvgIpc) is 2.92. The van der Waals surface area contributed by atoms with E-state index in [1.54, 1.807) is 6.26 Å². The van der Waals surface area contributed by atoms with E-state index in [1.165, 1.54) is 38.6 Å². The fourth-order valence-electron chi connectivity index (χ4n) is 3.44. The van der Waals surface area contributed by atoms with Gasteiger partial charge in [-0.1, -0.05) is 26.2 Å². The Labute approximate surface area is 117 Å². The van der Waals surface area contributed by atoms with E-state index >= 15 is 0 Å². The Bertz CT molecular complexity index is 336. The monoisotopic (exact) mass is 264 g/mol. The third-order valence-corrected chi connectivity index (χ3v) is 4.43. The van der Waals surface area contributed by atoms with Crippen molar-refractivity contribution in [1.29, 1.82) is 0 Å². The molecule has 0 amide bonds. The van der Waals surface area contributed by atoms with Crippen LogP contribution in [0.25, 0.3) is 0 Å². The van der Waals surface area contributed by atoms with E-state index in [2.05, 4.69) is 30.3 Å². The molecule has 0 aliphatic heterocycles. The van der Waals surface area contributed by atoms with Gasteiger partial charge >= 0.3 is 0 Å². The van der Waals surface area contributed by atoms with E-state index in [4.69, 9.17) is 4.42 Å². The quantitative estimate of drug-likeness (QED) is 0.819. The van der Waals surface area contributed by atoms with Gasteiger partial charge in [0.05, 0.1) is 12.8 Å². The summed E-state index contributed by atoms with van der Waals surface area (Å²) in [5, 5.41) is 3.42. The van der Waals surface area contributed by atoms with Gasteiger partial charge in [0.2, 0.25) is 0 Å². The fourth-order valence-corrected chi connectivity index (χ4v) is 3.44. The third-order valence-electron chi connectivity index (χ3n) is 4.43. The second-order valence-corrected chi connectivity index (χ2v) is 5.97. The zero-order valence-electron chi connectivity index (χ0n) is 12.5. The molecular formula is C16H28N2O. The number of furan rings is 1. The van der Waals surface area contributed by atoms with Gasteiger partial charge in [0.15, 0.2) is 0 Å². The maximum Gasteiger partial charge on any atom is 0.117 e. The van der Waals surface area contributed by atoms with Gasteiger partial charge in [-0.2, -0.15) is 0 Å². The summed E-state index contributed by atoms with van der Waals surface area (Å²) in [6, 6.07) is 4.06. The van der Waals surface area contributed by atoms with Crippen molar-refractivity contribution in [3.63, 3.8) is 0 Å². The molecule has 1 saturated carbocycles. The van der Waals surface area contributed by atoms with Crippen molar-refractivity contribution in [2.24, 2.45) is 5.41 Å².